The summed E-state index contributed by atoms with van der Waals surface area (Å²) in [6.45, 7) is 8.56. The number of carboxylic acids is 1. The van der Waals surface area contributed by atoms with Crippen LogP contribution in [0.5, 0.6) is 0 Å². The van der Waals surface area contributed by atoms with Gasteiger partial charge in [0.15, 0.2) is 0 Å². The number of carboxylic acid groups (broad SMARTS) is 1. The maximum Gasteiger partial charge on any atom is 0.305 e. The average Bonchev–Trinajstić information content (AvgIpc) is 3.00. The summed E-state index contributed by atoms with van der Waals surface area (Å²) in [5.74, 6) is -1.19. The van der Waals surface area contributed by atoms with E-state index in [1.54, 1.807) is 6.07 Å². The van der Waals surface area contributed by atoms with Crippen molar-refractivity contribution in [3.63, 3.8) is 0 Å². The fourth-order valence-corrected chi connectivity index (χ4v) is 2.53. The Morgan fingerprint density at radius 3 is 2.40 bits per heavy atom. The highest BCUT2D eigenvalue weighted by Crippen LogP contribution is 2.24. The molecule has 0 radical (unpaired) electrons. The summed E-state index contributed by atoms with van der Waals surface area (Å²) in [4.78, 5) is 23.2. The van der Waals surface area contributed by atoms with Crippen molar-refractivity contribution in [1.29, 1.82) is 0 Å². The molecule has 1 unspecified atom stereocenters. The van der Waals surface area contributed by atoms with Crippen LogP contribution in [-0.2, 0) is 16.8 Å². The van der Waals surface area contributed by atoms with Crippen molar-refractivity contribution >= 4 is 11.9 Å². The van der Waals surface area contributed by atoms with Crippen LogP contribution in [0.1, 0.15) is 61.8 Å². The van der Waals surface area contributed by atoms with E-state index in [4.69, 9.17) is 5.11 Å². The fraction of sp³-hybridized carbons (Fsp3) is 0.421. The number of aliphatic carboxylic acids is 1. The third-order valence-electron chi connectivity index (χ3n) is 4.11. The van der Waals surface area contributed by atoms with Gasteiger partial charge in [-0.15, -0.1) is 0 Å². The molecule has 1 aromatic heterocycles. The largest absolute Gasteiger partial charge is 0.481 e. The highest BCUT2D eigenvalue weighted by Gasteiger charge is 2.17. The molecule has 6 heteroatoms. The standard InChI is InChI=1S/C19H25N3O3/c1-13(14-5-7-15(8-6-14)19(2,3)4)21-18(25)16-9-11-20-22(16)12-10-17(23)24/h5-9,11,13H,10,12H2,1-4H3,(H,21,25)(H,23,24). The minimum absolute atomic E-state index is 0.0776. The van der Waals surface area contributed by atoms with E-state index in [9.17, 15) is 9.59 Å². The zero-order valence-corrected chi connectivity index (χ0v) is 15.1. The Kier molecular flexibility index (Phi) is 5.62. The number of aromatic nitrogens is 2. The van der Waals surface area contributed by atoms with E-state index in [2.05, 4.69) is 43.3 Å². The van der Waals surface area contributed by atoms with E-state index in [0.29, 0.717) is 5.69 Å². The first kappa shape index (κ1) is 18.7. The summed E-state index contributed by atoms with van der Waals surface area (Å²) in [7, 11) is 0. The molecule has 2 aromatic rings. The molecule has 0 fully saturated rings. The van der Waals surface area contributed by atoms with Gasteiger partial charge < -0.3 is 10.4 Å². The zero-order valence-electron chi connectivity index (χ0n) is 15.1. The molecule has 1 amide bonds. The predicted octanol–water partition coefficient (Wildman–Crippen LogP) is 3.15. The number of benzene rings is 1. The number of carbonyl (C=O) groups excluding carboxylic acids is 1. The third kappa shape index (κ3) is 4.92. The van der Waals surface area contributed by atoms with Crippen molar-refractivity contribution in [2.24, 2.45) is 0 Å². The zero-order chi connectivity index (χ0) is 18.6. The maximum absolute atomic E-state index is 12.5. The van der Waals surface area contributed by atoms with Crippen molar-refractivity contribution in [2.75, 3.05) is 0 Å². The topological polar surface area (TPSA) is 84.2 Å². The Bertz CT molecular complexity index is 742. The highest BCUT2D eigenvalue weighted by atomic mass is 16.4. The number of rotatable bonds is 6. The minimum Gasteiger partial charge on any atom is -0.481 e. The number of amides is 1. The molecule has 0 bridgehead atoms. The van der Waals surface area contributed by atoms with Gasteiger partial charge in [-0.2, -0.15) is 5.10 Å². The molecule has 0 spiro atoms. The predicted molar refractivity (Wildman–Crippen MR) is 95.5 cm³/mol. The lowest BCUT2D eigenvalue weighted by Crippen LogP contribution is -2.29. The van der Waals surface area contributed by atoms with Crippen LogP contribution >= 0.6 is 0 Å². The second-order valence-electron chi connectivity index (χ2n) is 7.15. The number of hydrogen-bond acceptors (Lipinski definition) is 3. The van der Waals surface area contributed by atoms with Crippen molar-refractivity contribution in [2.45, 2.75) is 52.1 Å². The fourth-order valence-electron chi connectivity index (χ4n) is 2.53. The van der Waals surface area contributed by atoms with Gasteiger partial charge in [0.2, 0.25) is 0 Å². The average molecular weight is 343 g/mol. The first-order chi connectivity index (χ1) is 11.7. The van der Waals surface area contributed by atoms with Crippen LogP contribution in [0.2, 0.25) is 0 Å². The molecule has 0 saturated heterocycles. The van der Waals surface area contributed by atoms with Gasteiger partial charge in [0.1, 0.15) is 5.69 Å². The molecule has 1 heterocycles. The minimum atomic E-state index is -0.922. The molecule has 0 aliphatic rings. The van der Waals surface area contributed by atoms with Crippen LogP contribution in [0, 0.1) is 0 Å². The van der Waals surface area contributed by atoms with Gasteiger partial charge in [0, 0.05) is 6.20 Å². The molecule has 134 valence electrons. The molecule has 2 rings (SSSR count). The van der Waals surface area contributed by atoms with Gasteiger partial charge in [-0.3, -0.25) is 14.3 Å². The van der Waals surface area contributed by atoms with Crippen LogP contribution in [0.4, 0.5) is 0 Å². The lowest BCUT2D eigenvalue weighted by atomic mass is 9.86. The van der Waals surface area contributed by atoms with Crippen molar-refractivity contribution in [1.82, 2.24) is 15.1 Å². The van der Waals surface area contributed by atoms with E-state index in [1.807, 2.05) is 19.1 Å². The second kappa shape index (κ2) is 7.51. The highest BCUT2D eigenvalue weighted by molar-refractivity contribution is 5.92. The molecule has 2 N–H and O–H groups in total. The molecule has 1 atom stereocenters. The summed E-state index contributed by atoms with van der Waals surface area (Å²) in [6.07, 6.45) is 1.42. The smallest absolute Gasteiger partial charge is 0.305 e. The summed E-state index contributed by atoms with van der Waals surface area (Å²) in [5.41, 5.74) is 2.70. The Balaban J connectivity index is 2.05. The van der Waals surface area contributed by atoms with Gasteiger partial charge in [-0.05, 0) is 29.5 Å². The monoisotopic (exact) mass is 343 g/mol. The number of nitrogens with zero attached hydrogens (tertiary/aromatic N) is 2. The van der Waals surface area contributed by atoms with Crippen LogP contribution in [0.3, 0.4) is 0 Å². The number of hydrogen-bond donors (Lipinski definition) is 2. The molecule has 25 heavy (non-hydrogen) atoms. The lowest BCUT2D eigenvalue weighted by Gasteiger charge is -2.21. The van der Waals surface area contributed by atoms with E-state index >= 15 is 0 Å². The van der Waals surface area contributed by atoms with Crippen LogP contribution in [0.25, 0.3) is 0 Å². The Morgan fingerprint density at radius 1 is 1.20 bits per heavy atom. The Labute approximate surface area is 147 Å². The van der Waals surface area contributed by atoms with Crippen LogP contribution in [0.15, 0.2) is 36.5 Å². The molecule has 1 aromatic carbocycles. The van der Waals surface area contributed by atoms with Crippen molar-refractivity contribution in [3.8, 4) is 0 Å². The molecular weight excluding hydrogens is 318 g/mol. The van der Waals surface area contributed by atoms with Gasteiger partial charge in [0.05, 0.1) is 19.0 Å². The molecule has 0 saturated carbocycles. The molecule has 0 aliphatic heterocycles. The van der Waals surface area contributed by atoms with Gasteiger partial charge in [-0.1, -0.05) is 45.0 Å². The first-order valence-corrected chi connectivity index (χ1v) is 8.33. The summed E-state index contributed by atoms with van der Waals surface area (Å²) < 4.78 is 1.42. The van der Waals surface area contributed by atoms with E-state index < -0.39 is 5.97 Å². The summed E-state index contributed by atoms with van der Waals surface area (Å²) in [5, 5.41) is 15.7. The Morgan fingerprint density at radius 2 is 1.84 bits per heavy atom. The number of nitrogens with one attached hydrogen (secondary N) is 1. The van der Waals surface area contributed by atoms with Gasteiger partial charge in [0.25, 0.3) is 5.91 Å². The third-order valence-corrected chi connectivity index (χ3v) is 4.11. The lowest BCUT2D eigenvalue weighted by molar-refractivity contribution is -0.137. The van der Waals surface area contributed by atoms with Crippen molar-refractivity contribution in [3.05, 3.63) is 53.3 Å². The number of aryl methyl sites for hydroxylation is 1. The van der Waals surface area contributed by atoms with Crippen molar-refractivity contribution < 1.29 is 14.7 Å². The van der Waals surface area contributed by atoms with Gasteiger partial charge in [-0.25, -0.2) is 0 Å². The van der Waals surface area contributed by atoms with Crippen LogP contribution in [-0.4, -0.2) is 26.8 Å². The maximum atomic E-state index is 12.5. The molecular formula is C19H25N3O3. The van der Waals surface area contributed by atoms with E-state index in [1.165, 1.54) is 16.4 Å². The quantitative estimate of drug-likeness (QED) is 0.844. The van der Waals surface area contributed by atoms with E-state index in [-0.39, 0.29) is 30.3 Å². The van der Waals surface area contributed by atoms with Crippen LogP contribution < -0.4 is 5.32 Å². The Hall–Kier alpha value is -2.63. The molecule has 0 aliphatic carbocycles. The molecule has 6 nitrogen and oxygen atoms in total. The SMILES string of the molecule is CC(NC(=O)c1ccnn1CCC(=O)O)c1ccc(C(C)(C)C)cc1. The summed E-state index contributed by atoms with van der Waals surface area (Å²) >= 11 is 0. The summed E-state index contributed by atoms with van der Waals surface area (Å²) in [6, 6.07) is 9.63. The normalized spacial score (nSPS) is 12.6. The van der Waals surface area contributed by atoms with Gasteiger partial charge >= 0.3 is 5.97 Å². The number of carbonyl (C=O) groups is 2. The second-order valence-corrected chi connectivity index (χ2v) is 7.15. The van der Waals surface area contributed by atoms with E-state index in [0.717, 1.165) is 5.56 Å². The first-order valence-electron chi connectivity index (χ1n) is 8.33.